The van der Waals surface area contributed by atoms with Gasteiger partial charge in [0.15, 0.2) is 0 Å². The van der Waals surface area contributed by atoms with Crippen molar-refractivity contribution in [2.45, 2.75) is 25.7 Å². The molecule has 0 spiro atoms. The number of benzene rings is 1. The van der Waals surface area contributed by atoms with E-state index in [9.17, 15) is 9.59 Å². The molecule has 1 N–H and O–H groups in total. The molecule has 0 bridgehead atoms. The molecule has 0 saturated heterocycles. The highest BCUT2D eigenvalue weighted by Gasteiger charge is 2.22. The van der Waals surface area contributed by atoms with E-state index in [1.807, 2.05) is 12.1 Å². The Morgan fingerprint density at radius 2 is 2.00 bits per heavy atom. The van der Waals surface area contributed by atoms with Crippen LogP contribution in [0.1, 0.15) is 30.4 Å². The van der Waals surface area contributed by atoms with Gasteiger partial charge < -0.3 is 4.90 Å². The maximum absolute atomic E-state index is 11.6. The molecule has 5 heteroatoms. The van der Waals surface area contributed by atoms with Gasteiger partial charge in [0, 0.05) is 32.0 Å². The van der Waals surface area contributed by atoms with Gasteiger partial charge in [-0.1, -0.05) is 6.07 Å². The summed E-state index contributed by atoms with van der Waals surface area (Å²) >= 11 is 0. The number of nitrogens with zero attached hydrogens (tertiary/aromatic N) is 2. The van der Waals surface area contributed by atoms with E-state index in [0.29, 0.717) is 19.3 Å². The third kappa shape index (κ3) is 2.12. The molecule has 0 atom stereocenters. The van der Waals surface area contributed by atoms with Crippen LogP contribution in [0.5, 0.6) is 0 Å². The molecule has 0 aliphatic carbocycles. The van der Waals surface area contributed by atoms with Crippen molar-refractivity contribution >= 4 is 23.2 Å². The summed E-state index contributed by atoms with van der Waals surface area (Å²) in [5.41, 5.74) is 6.58. The quantitative estimate of drug-likeness (QED) is 0.822. The Morgan fingerprint density at radius 3 is 2.74 bits per heavy atom. The molecule has 2 amide bonds. The highest BCUT2D eigenvalue weighted by Crippen LogP contribution is 2.28. The molecular weight excluding hydrogens is 242 g/mol. The molecule has 2 aliphatic rings. The molecule has 1 aromatic rings. The van der Waals surface area contributed by atoms with E-state index in [2.05, 4.69) is 16.6 Å². The van der Waals surface area contributed by atoms with E-state index in [1.54, 1.807) is 11.9 Å². The Kier molecular flexibility index (Phi) is 2.81. The van der Waals surface area contributed by atoms with Crippen molar-refractivity contribution in [3.63, 3.8) is 0 Å². The highest BCUT2D eigenvalue weighted by atomic mass is 16.2. The van der Waals surface area contributed by atoms with E-state index in [-0.39, 0.29) is 11.8 Å². The number of carbonyl (C=O) groups excluding carboxylic acids is 2. The number of rotatable bonds is 1. The molecule has 0 aromatic heterocycles. The Morgan fingerprint density at radius 1 is 1.16 bits per heavy atom. The van der Waals surface area contributed by atoms with Gasteiger partial charge in [0.05, 0.1) is 5.71 Å². The van der Waals surface area contributed by atoms with Crippen molar-refractivity contribution in [2.75, 3.05) is 11.9 Å². The number of amides is 2. The van der Waals surface area contributed by atoms with Gasteiger partial charge in [-0.2, -0.15) is 5.10 Å². The lowest BCUT2D eigenvalue weighted by Gasteiger charge is -2.26. The number of anilines is 1. The SMILES string of the molecule is CN1C(=O)CCc2cc(C3=NNC(=O)CC3)ccc21. The average molecular weight is 257 g/mol. The van der Waals surface area contributed by atoms with Crippen LogP contribution < -0.4 is 10.3 Å². The van der Waals surface area contributed by atoms with E-state index in [0.717, 1.165) is 23.4 Å². The summed E-state index contributed by atoms with van der Waals surface area (Å²) in [5.74, 6) is 0.120. The molecule has 2 aliphatic heterocycles. The third-order valence-electron chi connectivity index (χ3n) is 3.66. The summed E-state index contributed by atoms with van der Waals surface area (Å²) < 4.78 is 0. The van der Waals surface area contributed by atoms with Crippen LogP contribution in [0.4, 0.5) is 5.69 Å². The lowest BCUT2D eigenvalue weighted by molar-refractivity contribution is -0.121. The van der Waals surface area contributed by atoms with Gasteiger partial charge >= 0.3 is 0 Å². The fourth-order valence-corrected chi connectivity index (χ4v) is 2.52. The first-order valence-corrected chi connectivity index (χ1v) is 6.40. The summed E-state index contributed by atoms with van der Waals surface area (Å²) in [6.07, 6.45) is 2.47. The van der Waals surface area contributed by atoms with Gasteiger partial charge in [0.2, 0.25) is 11.8 Å². The minimum atomic E-state index is -0.0351. The molecular formula is C14H15N3O2. The standard InChI is InChI=1S/C14H15N3O2/c1-17-12-5-2-9(8-10(12)3-7-14(17)19)11-4-6-13(18)16-15-11/h2,5,8H,3-4,6-7H2,1H3,(H,16,18). The molecule has 0 unspecified atom stereocenters. The van der Waals surface area contributed by atoms with Crippen LogP contribution in [0.2, 0.25) is 0 Å². The number of nitrogens with one attached hydrogen (secondary N) is 1. The fourth-order valence-electron chi connectivity index (χ4n) is 2.52. The van der Waals surface area contributed by atoms with Gasteiger partial charge in [-0.25, -0.2) is 5.43 Å². The minimum absolute atomic E-state index is 0.0351. The molecule has 3 rings (SSSR count). The summed E-state index contributed by atoms with van der Waals surface area (Å²) in [6, 6.07) is 6.00. The van der Waals surface area contributed by atoms with Crippen LogP contribution in [-0.4, -0.2) is 24.6 Å². The molecule has 0 saturated carbocycles. The normalized spacial score (nSPS) is 18.8. The van der Waals surface area contributed by atoms with Gasteiger partial charge in [-0.05, 0) is 29.7 Å². The molecule has 0 radical (unpaired) electrons. The van der Waals surface area contributed by atoms with Gasteiger partial charge in [-0.15, -0.1) is 0 Å². The van der Waals surface area contributed by atoms with Crippen LogP contribution in [0.25, 0.3) is 0 Å². The fraction of sp³-hybridized carbons (Fsp3) is 0.357. The van der Waals surface area contributed by atoms with Crippen LogP contribution in [0.15, 0.2) is 23.3 Å². The zero-order chi connectivity index (χ0) is 13.4. The van der Waals surface area contributed by atoms with Crippen molar-refractivity contribution in [3.8, 4) is 0 Å². The van der Waals surface area contributed by atoms with Crippen LogP contribution in [0.3, 0.4) is 0 Å². The largest absolute Gasteiger partial charge is 0.315 e. The molecule has 98 valence electrons. The highest BCUT2D eigenvalue weighted by molar-refractivity contribution is 6.05. The summed E-state index contributed by atoms with van der Waals surface area (Å²) in [6.45, 7) is 0. The Labute approximate surface area is 111 Å². The van der Waals surface area contributed by atoms with Crippen LogP contribution in [-0.2, 0) is 16.0 Å². The predicted octanol–water partition coefficient (Wildman–Crippen LogP) is 1.21. The first-order chi connectivity index (χ1) is 9.15. The van der Waals surface area contributed by atoms with E-state index >= 15 is 0 Å². The second-order valence-corrected chi connectivity index (χ2v) is 4.89. The van der Waals surface area contributed by atoms with Crippen LogP contribution in [0, 0.1) is 0 Å². The molecule has 5 nitrogen and oxygen atoms in total. The maximum Gasteiger partial charge on any atom is 0.240 e. The molecule has 2 heterocycles. The monoisotopic (exact) mass is 257 g/mol. The third-order valence-corrected chi connectivity index (χ3v) is 3.66. The van der Waals surface area contributed by atoms with E-state index in [1.165, 1.54) is 5.56 Å². The van der Waals surface area contributed by atoms with Crippen molar-refractivity contribution < 1.29 is 9.59 Å². The first kappa shape index (κ1) is 11.9. The number of hydrazone groups is 1. The predicted molar refractivity (Wildman–Crippen MR) is 72.1 cm³/mol. The molecule has 19 heavy (non-hydrogen) atoms. The lowest BCUT2D eigenvalue weighted by Crippen LogP contribution is -2.31. The summed E-state index contributed by atoms with van der Waals surface area (Å²) in [5, 5.41) is 4.10. The average Bonchev–Trinajstić information content (AvgIpc) is 2.43. The second-order valence-electron chi connectivity index (χ2n) is 4.89. The minimum Gasteiger partial charge on any atom is -0.315 e. The summed E-state index contributed by atoms with van der Waals surface area (Å²) in [7, 11) is 1.80. The maximum atomic E-state index is 11.6. The number of carbonyl (C=O) groups is 2. The lowest BCUT2D eigenvalue weighted by atomic mass is 9.96. The van der Waals surface area contributed by atoms with E-state index < -0.39 is 0 Å². The second kappa shape index (κ2) is 4.50. The Hall–Kier alpha value is -2.17. The Bertz CT molecular complexity index is 592. The van der Waals surface area contributed by atoms with Crippen molar-refractivity contribution in [3.05, 3.63) is 29.3 Å². The van der Waals surface area contributed by atoms with Gasteiger partial charge in [0.25, 0.3) is 0 Å². The number of hydrogen-bond donors (Lipinski definition) is 1. The van der Waals surface area contributed by atoms with Gasteiger partial charge in [-0.3, -0.25) is 9.59 Å². The first-order valence-electron chi connectivity index (χ1n) is 6.40. The number of hydrogen-bond acceptors (Lipinski definition) is 3. The smallest absolute Gasteiger partial charge is 0.240 e. The molecule has 1 aromatic carbocycles. The summed E-state index contributed by atoms with van der Waals surface area (Å²) in [4.78, 5) is 24.4. The zero-order valence-corrected chi connectivity index (χ0v) is 10.8. The van der Waals surface area contributed by atoms with Crippen molar-refractivity contribution in [2.24, 2.45) is 5.10 Å². The number of aryl methyl sites for hydroxylation is 1. The van der Waals surface area contributed by atoms with Crippen molar-refractivity contribution in [1.82, 2.24) is 5.43 Å². The van der Waals surface area contributed by atoms with Crippen LogP contribution >= 0.6 is 0 Å². The van der Waals surface area contributed by atoms with Crippen molar-refractivity contribution in [1.29, 1.82) is 0 Å². The zero-order valence-electron chi connectivity index (χ0n) is 10.8. The van der Waals surface area contributed by atoms with Gasteiger partial charge in [0.1, 0.15) is 0 Å². The number of fused-ring (bicyclic) bond motifs is 1. The topological polar surface area (TPSA) is 61.8 Å². The molecule has 0 fully saturated rings. The Balaban J connectivity index is 1.94. The van der Waals surface area contributed by atoms with E-state index in [4.69, 9.17) is 0 Å².